The van der Waals surface area contributed by atoms with Gasteiger partial charge in [0.05, 0.1) is 88.6 Å². The first-order valence-corrected chi connectivity index (χ1v) is 25.4. The average Bonchev–Trinajstić information content (AvgIpc) is 4.23. The van der Waals surface area contributed by atoms with E-state index in [9.17, 15) is 19.2 Å². The topological polar surface area (TPSA) is 211 Å². The maximum Gasteiger partial charge on any atom is 0.407 e. The Kier molecular flexibility index (Phi) is 13.3. The largest absolute Gasteiger partial charge is 0.496 e. The van der Waals surface area contributed by atoms with Crippen LogP contribution < -0.4 is 15.4 Å². The number of amides is 4. The molecule has 0 saturated carbocycles. The highest BCUT2D eigenvalue weighted by Crippen LogP contribution is 2.48. The number of benzene rings is 2. The van der Waals surface area contributed by atoms with Crippen molar-refractivity contribution in [2.45, 2.75) is 110 Å². The summed E-state index contributed by atoms with van der Waals surface area (Å²) in [6, 6.07) is 8.97. The lowest BCUT2D eigenvalue weighted by Gasteiger charge is -2.34. The molecule has 2 aromatic carbocycles. The Morgan fingerprint density at radius 2 is 1.53 bits per heavy atom. The van der Waals surface area contributed by atoms with Gasteiger partial charge >= 0.3 is 12.2 Å². The third-order valence-corrected chi connectivity index (χ3v) is 15.4. The molecule has 0 radical (unpaired) electrons. The fourth-order valence-electron chi connectivity index (χ4n) is 10.8. The van der Waals surface area contributed by atoms with E-state index in [1.54, 1.807) is 33.5 Å². The molecule has 20 heteroatoms. The Morgan fingerprint density at radius 1 is 0.861 bits per heavy atom. The number of ether oxygens (including phenoxy) is 4. The Hall–Kier alpha value is -7.22. The average molecular weight is 1000 g/mol. The molecule has 4 unspecified atom stereocenters. The number of H-pyrrole nitrogens is 2. The number of likely N-dealkylation sites (tertiary alicyclic amines) is 2. The second kappa shape index (κ2) is 19.8. The van der Waals surface area contributed by atoms with E-state index in [1.165, 1.54) is 20.3 Å². The van der Waals surface area contributed by atoms with Crippen molar-refractivity contribution in [2.75, 3.05) is 27.3 Å². The van der Waals surface area contributed by atoms with Crippen molar-refractivity contribution in [3.05, 3.63) is 94.2 Å². The molecule has 4 aliphatic heterocycles. The Morgan fingerprint density at radius 3 is 2.17 bits per heavy atom. The van der Waals surface area contributed by atoms with E-state index in [0.717, 1.165) is 51.3 Å². The lowest BCUT2D eigenvalue weighted by atomic mass is 9.90. The second-order valence-corrected chi connectivity index (χ2v) is 20.5. The molecule has 10 rings (SSSR count). The van der Waals surface area contributed by atoms with Crippen molar-refractivity contribution < 1.29 is 42.5 Å². The number of thiazole rings is 1. The second-order valence-electron chi connectivity index (χ2n) is 19.3. The number of fused-ring (bicyclic) bond motifs is 5. The quantitative estimate of drug-likeness (QED) is 0.0909. The number of methoxy groups -OCH3 is 2. The van der Waals surface area contributed by atoms with Gasteiger partial charge in [-0.05, 0) is 94.7 Å². The molecule has 2 saturated heterocycles. The fourth-order valence-corrected chi connectivity index (χ4v) is 11.7. The Balaban J connectivity index is 0.949. The van der Waals surface area contributed by atoms with Gasteiger partial charge < -0.3 is 49.3 Å². The summed E-state index contributed by atoms with van der Waals surface area (Å²) in [4.78, 5) is 78.4. The Labute approximate surface area is 419 Å². The van der Waals surface area contributed by atoms with Crippen LogP contribution in [0.2, 0.25) is 0 Å². The Bertz CT molecular complexity index is 3090. The molecule has 0 aliphatic carbocycles. The first-order chi connectivity index (χ1) is 34.7. The van der Waals surface area contributed by atoms with E-state index in [4.69, 9.17) is 28.9 Å². The number of hydrogen-bond acceptors (Lipinski definition) is 12. The number of aromatic amines is 2. The number of aryl methyl sites for hydroxylation is 1. The number of aromatic nitrogens is 6. The molecule has 7 atom stereocenters. The molecule has 72 heavy (non-hydrogen) atoms. The molecule has 0 bridgehead atoms. The van der Waals surface area contributed by atoms with E-state index >= 15 is 4.39 Å². The summed E-state index contributed by atoms with van der Waals surface area (Å²) in [5.41, 5.74) is 4.46. The van der Waals surface area contributed by atoms with Crippen LogP contribution in [0.3, 0.4) is 0 Å². The third-order valence-electron chi connectivity index (χ3n) is 14.2. The molecule has 4 N–H and O–H groups in total. The van der Waals surface area contributed by atoms with Crippen molar-refractivity contribution in [1.82, 2.24) is 49.9 Å². The lowest BCUT2D eigenvalue weighted by molar-refractivity contribution is -0.136. The number of carbonyl (C=O) groups excluding carboxylic acids is 4. The third kappa shape index (κ3) is 9.04. The van der Waals surface area contributed by atoms with Gasteiger partial charge in [-0.25, -0.2) is 28.9 Å². The number of alkyl carbamates (subject to hydrolysis) is 2. The van der Waals surface area contributed by atoms with Crippen LogP contribution in [0.25, 0.3) is 44.7 Å². The SMILES string of the molecule is CCc1ncc(C2Oc3cc(-c4cnc([C@@H]5CCCN5C(=O)C(NC(=O)OC)C(C)C)[nH]4)cc(F)c3-c3cc4cc(-c5cnc([C@@H]6CCCN6C(=O)C(NC(=O)OC)C6C=C(C)O[C@@H](C)C6)[nH]5)ccc4n32)s1. The number of nitrogens with zero attached hydrogens (tertiary/aromatic N) is 6. The summed E-state index contributed by atoms with van der Waals surface area (Å²) in [5.74, 6) is 0.880. The van der Waals surface area contributed by atoms with Gasteiger partial charge in [0.15, 0.2) is 0 Å². The van der Waals surface area contributed by atoms with E-state index in [0.29, 0.717) is 78.0 Å². The number of rotatable bonds is 12. The predicted octanol–water partition coefficient (Wildman–Crippen LogP) is 8.95. The normalized spacial score (nSPS) is 21.3. The van der Waals surface area contributed by atoms with Crippen LogP contribution in [0.5, 0.6) is 5.75 Å². The predicted molar refractivity (Wildman–Crippen MR) is 266 cm³/mol. The smallest absolute Gasteiger partial charge is 0.407 e. The van der Waals surface area contributed by atoms with Gasteiger partial charge in [-0.1, -0.05) is 26.8 Å². The van der Waals surface area contributed by atoms with Crippen LogP contribution in [0.15, 0.2) is 66.8 Å². The van der Waals surface area contributed by atoms with Crippen molar-refractivity contribution >= 4 is 46.2 Å². The van der Waals surface area contributed by atoms with E-state index < -0.39 is 36.3 Å². The van der Waals surface area contributed by atoms with Crippen LogP contribution in [0.1, 0.15) is 107 Å². The maximum atomic E-state index is 16.9. The van der Waals surface area contributed by atoms with Crippen LogP contribution in [0.4, 0.5) is 14.0 Å². The highest BCUT2D eigenvalue weighted by Gasteiger charge is 2.42. The summed E-state index contributed by atoms with van der Waals surface area (Å²) in [5, 5.41) is 7.29. The number of halogens is 1. The molecular weight excluding hydrogens is 944 g/mol. The first-order valence-electron chi connectivity index (χ1n) is 24.6. The number of nitrogens with one attached hydrogen (secondary N) is 4. The van der Waals surface area contributed by atoms with Crippen molar-refractivity contribution in [2.24, 2.45) is 11.8 Å². The van der Waals surface area contributed by atoms with E-state index in [1.807, 2.05) is 74.9 Å². The van der Waals surface area contributed by atoms with Crippen molar-refractivity contribution in [3.8, 4) is 39.5 Å². The molecule has 6 aromatic rings. The van der Waals surface area contributed by atoms with Gasteiger partial charge in [-0.15, -0.1) is 11.3 Å². The minimum Gasteiger partial charge on any atom is -0.496 e. The van der Waals surface area contributed by atoms with Crippen LogP contribution in [-0.2, 0) is 30.2 Å². The molecule has 4 aromatic heterocycles. The molecule has 2 fully saturated rings. The zero-order valence-electron chi connectivity index (χ0n) is 41.3. The van der Waals surface area contributed by atoms with E-state index in [-0.39, 0.29) is 41.8 Å². The van der Waals surface area contributed by atoms with Gasteiger partial charge in [-0.3, -0.25) is 14.2 Å². The molecule has 18 nitrogen and oxygen atoms in total. The maximum absolute atomic E-state index is 16.9. The molecule has 8 heterocycles. The lowest BCUT2D eigenvalue weighted by Crippen LogP contribution is -2.52. The number of imidazole rings is 2. The van der Waals surface area contributed by atoms with Crippen LogP contribution in [0, 0.1) is 17.7 Å². The van der Waals surface area contributed by atoms with Gasteiger partial charge in [-0.2, -0.15) is 0 Å². The number of allylic oxidation sites excluding steroid dienone is 1. The highest BCUT2D eigenvalue weighted by molar-refractivity contribution is 7.11. The summed E-state index contributed by atoms with van der Waals surface area (Å²) < 4.78 is 41.3. The standard InChI is InChI=1S/C52H59FN10O8S/c1-8-42-54-25-41(72-42)50-63-36-14-13-29(34-23-55-46(57-34)38-12-10-16-62(38)49(65)45(60-52(67)69-7)32-17-27(4)70-28(5)18-32)19-31(36)21-39(63)43-33(53)20-30(22-40(43)71-50)35-24-56-47(58-35)37-11-9-15-61(37)48(64)44(26(2)3)59-51(66)68-6/h13-14,17,19-26,28,32,37-38,44-45,50H,8-12,15-16,18H2,1-7H3,(H,55,57)(H,56,58)(H,59,66)(H,60,67)/t28-,32?,37-,38-,44?,45?,50?/m0/s1. The zero-order chi connectivity index (χ0) is 50.5. The fraction of sp³-hybridized carbons (Fsp3) is 0.442. The van der Waals surface area contributed by atoms with Crippen LogP contribution >= 0.6 is 11.3 Å². The van der Waals surface area contributed by atoms with Gasteiger partial charge in [0, 0.05) is 41.7 Å². The molecular formula is C52H59FN10O8S. The van der Waals surface area contributed by atoms with E-state index in [2.05, 4.69) is 32.5 Å². The molecule has 378 valence electrons. The van der Waals surface area contributed by atoms with Gasteiger partial charge in [0.25, 0.3) is 0 Å². The highest BCUT2D eigenvalue weighted by atomic mass is 32.1. The molecule has 4 aliphatic rings. The molecule has 4 amide bonds. The first kappa shape index (κ1) is 48.4. The van der Waals surface area contributed by atoms with Crippen molar-refractivity contribution in [3.63, 3.8) is 0 Å². The van der Waals surface area contributed by atoms with Crippen molar-refractivity contribution in [1.29, 1.82) is 0 Å². The number of carbonyl (C=O) groups is 4. The van der Waals surface area contributed by atoms with Gasteiger partial charge in [0.1, 0.15) is 35.3 Å². The summed E-state index contributed by atoms with van der Waals surface area (Å²) in [7, 11) is 2.55. The van der Waals surface area contributed by atoms with Crippen LogP contribution in [-0.4, -0.2) is 109 Å². The number of hydrogen-bond donors (Lipinski definition) is 4. The zero-order valence-corrected chi connectivity index (χ0v) is 42.1. The summed E-state index contributed by atoms with van der Waals surface area (Å²) in [6.07, 6.45) is 9.19. The summed E-state index contributed by atoms with van der Waals surface area (Å²) in [6.45, 7) is 10.6. The minimum atomic E-state index is -0.849. The minimum absolute atomic E-state index is 0.122. The van der Waals surface area contributed by atoms with Gasteiger partial charge in [0.2, 0.25) is 18.0 Å². The monoisotopic (exact) mass is 1000 g/mol. The summed E-state index contributed by atoms with van der Waals surface area (Å²) >= 11 is 1.55. The molecule has 0 spiro atoms.